The van der Waals surface area contributed by atoms with Gasteiger partial charge in [0.2, 0.25) is 0 Å². The van der Waals surface area contributed by atoms with E-state index in [-0.39, 0.29) is 13.0 Å². The molecule has 30 heavy (non-hydrogen) atoms. The van der Waals surface area contributed by atoms with E-state index in [1.54, 1.807) is 6.07 Å². The molecule has 154 valence electrons. The molecule has 0 spiro atoms. The Morgan fingerprint density at radius 3 is 2.30 bits per heavy atom. The van der Waals surface area contributed by atoms with Crippen molar-refractivity contribution in [3.8, 4) is 11.3 Å². The molecule has 0 aliphatic heterocycles. The van der Waals surface area contributed by atoms with Gasteiger partial charge >= 0.3 is 12.0 Å². The van der Waals surface area contributed by atoms with Gasteiger partial charge in [0.25, 0.3) is 5.91 Å². The highest BCUT2D eigenvalue weighted by molar-refractivity contribution is 5.95. The third-order valence-corrected chi connectivity index (χ3v) is 4.21. The number of benzene rings is 2. The normalized spacial score (nSPS) is 10.3. The highest BCUT2D eigenvalue weighted by Crippen LogP contribution is 2.22. The summed E-state index contributed by atoms with van der Waals surface area (Å²) in [7, 11) is 0. The fourth-order valence-electron chi connectivity index (χ4n) is 2.70. The highest BCUT2D eigenvalue weighted by Gasteiger charge is 2.12. The Morgan fingerprint density at radius 1 is 0.867 bits per heavy atom. The largest absolute Gasteiger partial charge is 0.461 e. The Bertz CT molecular complexity index is 983. The van der Waals surface area contributed by atoms with Crippen molar-refractivity contribution in [2.24, 2.45) is 0 Å². The molecule has 0 aliphatic carbocycles. The van der Waals surface area contributed by atoms with Crippen molar-refractivity contribution in [2.75, 3.05) is 6.61 Å². The molecule has 0 fully saturated rings. The van der Waals surface area contributed by atoms with Crippen LogP contribution in [0.3, 0.4) is 0 Å². The van der Waals surface area contributed by atoms with E-state index in [2.05, 4.69) is 10.6 Å². The van der Waals surface area contributed by atoms with Crippen LogP contribution in [0.15, 0.2) is 77.2 Å². The minimum atomic E-state index is -0.696. The summed E-state index contributed by atoms with van der Waals surface area (Å²) in [6.45, 7) is -0.237. The van der Waals surface area contributed by atoms with Crippen LogP contribution in [0.5, 0.6) is 0 Å². The van der Waals surface area contributed by atoms with Crippen molar-refractivity contribution in [2.45, 2.75) is 19.4 Å². The number of amides is 3. The summed E-state index contributed by atoms with van der Waals surface area (Å²) in [6.07, 6.45) is 0.417. The van der Waals surface area contributed by atoms with Gasteiger partial charge in [-0.25, -0.2) is 4.79 Å². The summed E-state index contributed by atoms with van der Waals surface area (Å²) in [4.78, 5) is 35.3. The smallest absolute Gasteiger partial charge is 0.321 e. The van der Waals surface area contributed by atoms with E-state index in [4.69, 9.17) is 9.15 Å². The molecule has 0 aliphatic rings. The predicted molar refractivity (Wildman–Crippen MR) is 110 cm³/mol. The van der Waals surface area contributed by atoms with Crippen molar-refractivity contribution in [3.63, 3.8) is 0 Å². The molecule has 3 aromatic rings. The van der Waals surface area contributed by atoms with Gasteiger partial charge in [-0.3, -0.25) is 14.9 Å². The Kier molecular flexibility index (Phi) is 7.38. The quantitative estimate of drug-likeness (QED) is 0.559. The Hall–Kier alpha value is -3.87. The molecule has 0 atom stereocenters. The number of nitrogens with one attached hydrogen (secondary N) is 2. The van der Waals surface area contributed by atoms with E-state index < -0.39 is 24.5 Å². The van der Waals surface area contributed by atoms with Gasteiger partial charge in [-0.1, -0.05) is 60.7 Å². The van der Waals surface area contributed by atoms with Crippen molar-refractivity contribution in [1.29, 1.82) is 0 Å². The second-order valence-electron chi connectivity index (χ2n) is 6.51. The van der Waals surface area contributed by atoms with Crippen LogP contribution in [0.4, 0.5) is 4.79 Å². The lowest BCUT2D eigenvalue weighted by Gasteiger charge is -2.07. The summed E-state index contributed by atoms with van der Waals surface area (Å²) in [6, 6.07) is 21.9. The lowest BCUT2D eigenvalue weighted by molar-refractivity contribution is -0.148. The Morgan fingerprint density at radius 2 is 1.57 bits per heavy atom. The number of ether oxygens (including phenoxy) is 1. The lowest BCUT2D eigenvalue weighted by Crippen LogP contribution is -2.41. The summed E-state index contributed by atoms with van der Waals surface area (Å²) in [5.41, 5.74) is 1.86. The van der Waals surface area contributed by atoms with Gasteiger partial charge in [0.05, 0.1) is 6.42 Å². The maximum atomic E-state index is 11.8. The number of urea groups is 1. The van der Waals surface area contributed by atoms with Crippen LogP contribution in [0.2, 0.25) is 0 Å². The monoisotopic (exact) mass is 406 g/mol. The number of carbonyl (C=O) groups excluding carboxylic acids is 3. The lowest BCUT2D eigenvalue weighted by atomic mass is 10.2. The number of aryl methyl sites for hydroxylation is 1. The molecule has 3 amide bonds. The standard InChI is InChI=1S/C23H22N2O5/c26-21(25-23(28)24-15-17-7-3-1-4-8-17)16-29-22(27)14-12-19-11-13-20(30-19)18-9-5-2-6-10-18/h1-11,13H,12,14-16H2,(H2,24,25,26,28). The van der Waals surface area contributed by atoms with Crippen molar-refractivity contribution < 1.29 is 23.5 Å². The molecule has 7 heteroatoms. The van der Waals surface area contributed by atoms with Gasteiger partial charge in [0.1, 0.15) is 11.5 Å². The third kappa shape index (κ3) is 6.63. The minimum Gasteiger partial charge on any atom is -0.461 e. The molecule has 0 saturated carbocycles. The van der Waals surface area contributed by atoms with Gasteiger partial charge in [0, 0.05) is 18.5 Å². The SMILES string of the molecule is O=C(COC(=O)CCc1ccc(-c2ccccc2)o1)NC(=O)NCc1ccccc1. The molecule has 3 rings (SSSR count). The first-order valence-corrected chi connectivity index (χ1v) is 9.51. The molecule has 1 aromatic heterocycles. The summed E-state index contributed by atoms with van der Waals surface area (Å²) >= 11 is 0. The predicted octanol–water partition coefficient (Wildman–Crippen LogP) is 3.45. The molecular formula is C23H22N2O5. The second kappa shape index (κ2) is 10.6. The Labute approximate surface area is 174 Å². The van der Waals surface area contributed by atoms with E-state index in [0.717, 1.165) is 16.9 Å². The van der Waals surface area contributed by atoms with E-state index in [9.17, 15) is 14.4 Å². The second-order valence-corrected chi connectivity index (χ2v) is 6.51. The van der Waals surface area contributed by atoms with Gasteiger partial charge in [-0.15, -0.1) is 0 Å². The number of esters is 1. The number of hydrogen-bond donors (Lipinski definition) is 2. The first kappa shape index (κ1) is 20.9. The first-order valence-electron chi connectivity index (χ1n) is 9.51. The average molecular weight is 406 g/mol. The molecule has 2 N–H and O–H groups in total. The van der Waals surface area contributed by atoms with Crippen molar-refractivity contribution in [1.82, 2.24) is 10.6 Å². The zero-order valence-corrected chi connectivity index (χ0v) is 16.3. The van der Waals surface area contributed by atoms with Crippen LogP contribution in [0.25, 0.3) is 11.3 Å². The maximum absolute atomic E-state index is 11.8. The highest BCUT2D eigenvalue weighted by atomic mass is 16.5. The van der Waals surface area contributed by atoms with Gasteiger partial charge in [-0.2, -0.15) is 0 Å². The van der Waals surface area contributed by atoms with Gasteiger partial charge in [-0.05, 0) is 17.7 Å². The van der Waals surface area contributed by atoms with Crippen LogP contribution in [0.1, 0.15) is 17.7 Å². The third-order valence-electron chi connectivity index (χ3n) is 4.21. The molecule has 1 heterocycles. The first-order chi connectivity index (χ1) is 14.6. The van der Waals surface area contributed by atoms with Gasteiger partial charge < -0.3 is 14.5 Å². The van der Waals surface area contributed by atoms with Crippen LogP contribution in [-0.4, -0.2) is 24.5 Å². The van der Waals surface area contributed by atoms with Crippen molar-refractivity contribution >= 4 is 17.9 Å². The molecule has 7 nitrogen and oxygen atoms in total. The summed E-state index contributed by atoms with van der Waals surface area (Å²) in [5.74, 6) is 0.126. The number of carbonyl (C=O) groups is 3. The summed E-state index contributed by atoms with van der Waals surface area (Å²) < 4.78 is 10.6. The maximum Gasteiger partial charge on any atom is 0.321 e. The fourth-order valence-corrected chi connectivity index (χ4v) is 2.70. The minimum absolute atomic E-state index is 0.0647. The van der Waals surface area contributed by atoms with E-state index in [1.165, 1.54) is 0 Å². The zero-order chi connectivity index (χ0) is 21.2. The van der Waals surface area contributed by atoms with Crippen LogP contribution < -0.4 is 10.6 Å². The Balaban J connectivity index is 1.34. The van der Waals surface area contributed by atoms with E-state index >= 15 is 0 Å². The molecule has 0 radical (unpaired) electrons. The number of imide groups is 1. The van der Waals surface area contributed by atoms with Gasteiger partial charge in [0.15, 0.2) is 6.61 Å². The van der Waals surface area contributed by atoms with E-state index in [1.807, 2.05) is 66.7 Å². The number of rotatable bonds is 8. The van der Waals surface area contributed by atoms with Crippen LogP contribution >= 0.6 is 0 Å². The molecule has 0 bridgehead atoms. The molecule has 0 unspecified atom stereocenters. The van der Waals surface area contributed by atoms with Crippen LogP contribution in [-0.2, 0) is 27.3 Å². The topological polar surface area (TPSA) is 97.6 Å². The molecular weight excluding hydrogens is 384 g/mol. The van der Waals surface area contributed by atoms with Crippen LogP contribution in [0, 0.1) is 0 Å². The average Bonchev–Trinajstić information content (AvgIpc) is 3.25. The van der Waals surface area contributed by atoms with E-state index in [0.29, 0.717) is 12.2 Å². The molecule has 2 aromatic carbocycles. The fraction of sp³-hybridized carbons (Fsp3) is 0.174. The number of furan rings is 1. The summed E-state index contributed by atoms with van der Waals surface area (Å²) in [5, 5.41) is 4.67. The molecule has 0 saturated heterocycles. The number of hydrogen-bond acceptors (Lipinski definition) is 5. The zero-order valence-electron chi connectivity index (χ0n) is 16.3. The van der Waals surface area contributed by atoms with Crippen molar-refractivity contribution in [3.05, 3.63) is 84.1 Å².